The largest absolute Gasteiger partial charge is 0.383 e. The summed E-state index contributed by atoms with van der Waals surface area (Å²) in [5.41, 5.74) is 13.3. The van der Waals surface area contributed by atoms with Crippen LogP contribution in [-0.2, 0) is 6.42 Å². The molecule has 17 heavy (non-hydrogen) atoms. The summed E-state index contributed by atoms with van der Waals surface area (Å²) in [7, 11) is 0. The predicted octanol–water partition coefficient (Wildman–Crippen LogP) is 1.95. The van der Waals surface area contributed by atoms with Crippen LogP contribution in [0.1, 0.15) is 12.5 Å². The van der Waals surface area contributed by atoms with Crippen molar-refractivity contribution < 1.29 is 0 Å². The zero-order chi connectivity index (χ0) is 12.3. The number of hydrogen-bond donors (Lipinski definition) is 3. The molecule has 0 saturated carbocycles. The molecule has 0 unspecified atom stereocenters. The normalized spacial score (nSPS) is 10.2. The summed E-state index contributed by atoms with van der Waals surface area (Å²) in [6.45, 7) is 2.12. The third kappa shape index (κ3) is 2.84. The molecular formula is C12H15N5. The molecule has 0 fully saturated rings. The first-order valence-electron chi connectivity index (χ1n) is 5.43. The SMILES string of the molecule is CCc1ccc(Nc2cc(N)nc(N)n2)cc1. The molecule has 88 valence electrons. The fourth-order valence-corrected chi connectivity index (χ4v) is 1.52. The number of aryl methyl sites for hydroxylation is 1. The molecule has 2 aromatic rings. The van der Waals surface area contributed by atoms with Gasteiger partial charge in [-0.1, -0.05) is 19.1 Å². The fourth-order valence-electron chi connectivity index (χ4n) is 1.52. The fraction of sp³-hybridized carbons (Fsp3) is 0.167. The summed E-state index contributed by atoms with van der Waals surface area (Å²) >= 11 is 0. The first-order chi connectivity index (χ1) is 8.17. The summed E-state index contributed by atoms with van der Waals surface area (Å²) in [6.07, 6.45) is 1.02. The Balaban J connectivity index is 2.19. The highest BCUT2D eigenvalue weighted by molar-refractivity contribution is 5.60. The van der Waals surface area contributed by atoms with Crippen molar-refractivity contribution in [2.75, 3.05) is 16.8 Å². The van der Waals surface area contributed by atoms with Gasteiger partial charge in [0.1, 0.15) is 11.6 Å². The zero-order valence-corrected chi connectivity index (χ0v) is 9.64. The van der Waals surface area contributed by atoms with E-state index in [0.29, 0.717) is 11.6 Å². The molecule has 0 bridgehead atoms. The number of hydrogen-bond acceptors (Lipinski definition) is 5. The lowest BCUT2D eigenvalue weighted by atomic mass is 10.1. The van der Waals surface area contributed by atoms with E-state index in [1.165, 1.54) is 5.56 Å². The van der Waals surface area contributed by atoms with E-state index >= 15 is 0 Å². The quantitative estimate of drug-likeness (QED) is 0.748. The molecule has 0 spiro atoms. The van der Waals surface area contributed by atoms with Gasteiger partial charge in [-0.3, -0.25) is 0 Å². The minimum Gasteiger partial charge on any atom is -0.383 e. The number of nitrogens with zero attached hydrogens (tertiary/aromatic N) is 2. The molecule has 1 heterocycles. The van der Waals surface area contributed by atoms with Gasteiger partial charge in [-0.05, 0) is 24.1 Å². The molecule has 2 rings (SSSR count). The average Bonchev–Trinajstić information content (AvgIpc) is 2.28. The van der Waals surface area contributed by atoms with E-state index in [1.54, 1.807) is 6.07 Å². The minimum absolute atomic E-state index is 0.165. The third-order valence-corrected chi connectivity index (χ3v) is 2.40. The van der Waals surface area contributed by atoms with Crippen molar-refractivity contribution in [1.29, 1.82) is 0 Å². The van der Waals surface area contributed by atoms with Crippen molar-refractivity contribution >= 4 is 23.3 Å². The van der Waals surface area contributed by atoms with Crippen LogP contribution in [0.3, 0.4) is 0 Å². The Morgan fingerprint density at radius 1 is 1.12 bits per heavy atom. The van der Waals surface area contributed by atoms with Crippen LogP contribution in [0.25, 0.3) is 0 Å². The topological polar surface area (TPSA) is 89.8 Å². The predicted molar refractivity (Wildman–Crippen MR) is 70.0 cm³/mol. The molecule has 0 atom stereocenters. The summed E-state index contributed by atoms with van der Waals surface area (Å²) in [5, 5.41) is 3.13. The molecule has 1 aromatic carbocycles. The van der Waals surface area contributed by atoms with Crippen LogP contribution in [0.4, 0.5) is 23.3 Å². The van der Waals surface area contributed by atoms with E-state index in [-0.39, 0.29) is 5.95 Å². The van der Waals surface area contributed by atoms with Crippen LogP contribution >= 0.6 is 0 Å². The highest BCUT2D eigenvalue weighted by Crippen LogP contribution is 2.17. The van der Waals surface area contributed by atoms with E-state index < -0.39 is 0 Å². The lowest BCUT2D eigenvalue weighted by Crippen LogP contribution is -2.02. The van der Waals surface area contributed by atoms with E-state index in [9.17, 15) is 0 Å². The van der Waals surface area contributed by atoms with Gasteiger partial charge in [0.25, 0.3) is 0 Å². The summed E-state index contributed by atoms with van der Waals surface area (Å²) in [6, 6.07) is 9.76. The van der Waals surface area contributed by atoms with Crippen LogP contribution in [0.15, 0.2) is 30.3 Å². The standard InChI is InChI=1S/C12H15N5/c1-2-8-3-5-9(6-4-8)15-11-7-10(13)16-12(14)17-11/h3-7H,2H2,1H3,(H5,13,14,15,16,17). The summed E-state index contributed by atoms with van der Waals surface area (Å²) in [4.78, 5) is 7.86. The average molecular weight is 229 g/mol. The summed E-state index contributed by atoms with van der Waals surface area (Å²) in [5.74, 6) is 1.11. The molecule has 5 nitrogen and oxygen atoms in total. The maximum Gasteiger partial charge on any atom is 0.223 e. The monoisotopic (exact) mass is 229 g/mol. The maximum absolute atomic E-state index is 5.59. The lowest BCUT2D eigenvalue weighted by Gasteiger charge is -2.07. The van der Waals surface area contributed by atoms with E-state index in [0.717, 1.165) is 12.1 Å². The van der Waals surface area contributed by atoms with Crippen molar-refractivity contribution in [2.45, 2.75) is 13.3 Å². The molecule has 0 amide bonds. The minimum atomic E-state index is 0.165. The number of anilines is 4. The molecular weight excluding hydrogens is 214 g/mol. The lowest BCUT2D eigenvalue weighted by molar-refractivity contribution is 1.14. The van der Waals surface area contributed by atoms with Gasteiger partial charge in [0.15, 0.2) is 0 Å². The Morgan fingerprint density at radius 2 is 1.82 bits per heavy atom. The van der Waals surface area contributed by atoms with Crippen molar-refractivity contribution in [3.8, 4) is 0 Å². The van der Waals surface area contributed by atoms with Crippen molar-refractivity contribution in [3.63, 3.8) is 0 Å². The number of nitrogens with two attached hydrogens (primary N) is 2. The molecule has 0 radical (unpaired) electrons. The van der Waals surface area contributed by atoms with Crippen LogP contribution in [-0.4, -0.2) is 9.97 Å². The molecule has 0 saturated heterocycles. The van der Waals surface area contributed by atoms with Crippen LogP contribution in [0, 0.1) is 0 Å². The summed E-state index contributed by atoms with van der Waals surface area (Å²) < 4.78 is 0. The van der Waals surface area contributed by atoms with E-state index in [2.05, 4.69) is 34.3 Å². The first kappa shape index (κ1) is 11.2. The van der Waals surface area contributed by atoms with Gasteiger partial charge in [-0.25, -0.2) is 0 Å². The smallest absolute Gasteiger partial charge is 0.223 e. The van der Waals surface area contributed by atoms with Crippen LogP contribution in [0.5, 0.6) is 0 Å². The van der Waals surface area contributed by atoms with E-state index in [4.69, 9.17) is 11.5 Å². The van der Waals surface area contributed by atoms with Gasteiger partial charge in [-0.15, -0.1) is 0 Å². The second kappa shape index (κ2) is 4.69. The van der Waals surface area contributed by atoms with Gasteiger partial charge in [0.05, 0.1) is 0 Å². The Hall–Kier alpha value is -2.30. The Bertz CT molecular complexity index is 487. The Labute approximate surface area is 99.9 Å². The zero-order valence-electron chi connectivity index (χ0n) is 9.64. The van der Waals surface area contributed by atoms with Gasteiger partial charge >= 0.3 is 0 Å². The number of benzene rings is 1. The molecule has 0 aliphatic heterocycles. The van der Waals surface area contributed by atoms with Crippen LogP contribution in [0.2, 0.25) is 0 Å². The van der Waals surface area contributed by atoms with Gasteiger partial charge in [0.2, 0.25) is 5.95 Å². The molecule has 5 heteroatoms. The Morgan fingerprint density at radius 3 is 2.41 bits per heavy atom. The number of nitrogen functional groups attached to an aromatic ring is 2. The maximum atomic E-state index is 5.59. The molecule has 1 aromatic heterocycles. The number of rotatable bonds is 3. The van der Waals surface area contributed by atoms with Crippen molar-refractivity contribution in [1.82, 2.24) is 9.97 Å². The second-order valence-electron chi connectivity index (χ2n) is 3.71. The Kier molecular flexibility index (Phi) is 3.09. The molecule has 5 N–H and O–H groups in total. The van der Waals surface area contributed by atoms with Crippen molar-refractivity contribution in [2.24, 2.45) is 0 Å². The van der Waals surface area contributed by atoms with Gasteiger partial charge in [-0.2, -0.15) is 9.97 Å². The first-order valence-corrected chi connectivity index (χ1v) is 5.43. The van der Waals surface area contributed by atoms with E-state index in [1.807, 2.05) is 12.1 Å². The second-order valence-corrected chi connectivity index (χ2v) is 3.71. The number of nitrogens with one attached hydrogen (secondary N) is 1. The highest BCUT2D eigenvalue weighted by atomic mass is 15.1. The molecule has 0 aliphatic carbocycles. The van der Waals surface area contributed by atoms with Gasteiger partial charge in [0, 0.05) is 11.8 Å². The highest BCUT2D eigenvalue weighted by Gasteiger charge is 2.00. The van der Waals surface area contributed by atoms with Crippen molar-refractivity contribution in [3.05, 3.63) is 35.9 Å². The number of aromatic nitrogens is 2. The third-order valence-electron chi connectivity index (χ3n) is 2.40. The molecule has 0 aliphatic rings. The van der Waals surface area contributed by atoms with Gasteiger partial charge < -0.3 is 16.8 Å². The van der Waals surface area contributed by atoms with Crippen LogP contribution < -0.4 is 16.8 Å².